The van der Waals surface area contributed by atoms with E-state index >= 15 is 0 Å². The Morgan fingerprint density at radius 2 is 1.78 bits per heavy atom. The molecule has 2 aromatic rings. The lowest BCUT2D eigenvalue weighted by atomic mass is 10.1. The van der Waals surface area contributed by atoms with Crippen LogP contribution in [0.15, 0.2) is 47.4 Å². The van der Waals surface area contributed by atoms with Crippen LogP contribution in [-0.2, 0) is 24.3 Å². The maximum atomic E-state index is 11.8. The van der Waals surface area contributed by atoms with Crippen LogP contribution in [0.1, 0.15) is 11.1 Å². The van der Waals surface area contributed by atoms with Gasteiger partial charge in [-0.15, -0.1) is 0 Å². The molecule has 0 fully saturated rings. The van der Waals surface area contributed by atoms with Crippen molar-refractivity contribution in [3.05, 3.63) is 53.6 Å². The second-order valence-corrected chi connectivity index (χ2v) is 7.38. The van der Waals surface area contributed by atoms with E-state index in [2.05, 4.69) is 5.32 Å². The van der Waals surface area contributed by atoms with Crippen LogP contribution in [0.2, 0.25) is 0 Å². The third-order valence-electron chi connectivity index (χ3n) is 3.65. The smallest absolute Gasteiger partial charge is 0.344 e. The van der Waals surface area contributed by atoms with Crippen LogP contribution in [-0.4, -0.2) is 33.5 Å². The normalized spacial score (nSPS) is 10.9. The molecular formula is C18H20N2O6S. The third kappa shape index (κ3) is 6.39. The molecule has 0 saturated carbocycles. The number of ether oxygens (including phenoxy) is 2. The fourth-order valence-corrected chi connectivity index (χ4v) is 2.64. The van der Waals surface area contributed by atoms with Gasteiger partial charge in [-0.25, -0.2) is 18.4 Å². The molecule has 0 aliphatic carbocycles. The van der Waals surface area contributed by atoms with Gasteiger partial charge in [0.2, 0.25) is 10.0 Å². The summed E-state index contributed by atoms with van der Waals surface area (Å²) < 4.78 is 32.7. The van der Waals surface area contributed by atoms with E-state index in [0.29, 0.717) is 5.75 Å². The maximum absolute atomic E-state index is 11.8. The molecule has 0 radical (unpaired) electrons. The summed E-state index contributed by atoms with van der Waals surface area (Å²) in [6.45, 7) is 3.02. The highest BCUT2D eigenvalue weighted by molar-refractivity contribution is 7.89. The average molecular weight is 392 g/mol. The molecule has 144 valence electrons. The van der Waals surface area contributed by atoms with Crippen molar-refractivity contribution in [2.24, 2.45) is 5.14 Å². The summed E-state index contributed by atoms with van der Waals surface area (Å²) in [4.78, 5) is 23.4. The SMILES string of the molecule is Cc1ccc(OCC(=O)OCC(=O)Nc2cccc(S(N)(=O)=O)c2)cc1C. The number of primary sulfonamides is 1. The first-order valence-corrected chi connectivity index (χ1v) is 9.48. The monoisotopic (exact) mass is 392 g/mol. The van der Waals surface area contributed by atoms with Crippen molar-refractivity contribution in [3.8, 4) is 5.75 Å². The van der Waals surface area contributed by atoms with Crippen LogP contribution < -0.4 is 15.2 Å². The highest BCUT2D eigenvalue weighted by Crippen LogP contribution is 2.16. The molecule has 2 rings (SSSR count). The van der Waals surface area contributed by atoms with Crippen molar-refractivity contribution in [1.82, 2.24) is 0 Å². The van der Waals surface area contributed by atoms with E-state index < -0.39 is 28.5 Å². The number of nitrogens with two attached hydrogens (primary N) is 1. The van der Waals surface area contributed by atoms with Gasteiger partial charge < -0.3 is 14.8 Å². The van der Waals surface area contributed by atoms with Gasteiger partial charge in [-0.1, -0.05) is 12.1 Å². The van der Waals surface area contributed by atoms with Crippen molar-refractivity contribution >= 4 is 27.6 Å². The number of carbonyl (C=O) groups is 2. The van der Waals surface area contributed by atoms with Crippen LogP contribution in [0.3, 0.4) is 0 Å². The van der Waals surface area contributed by atoms with Crippen LogP contribution >= 0.6 is 0 Å². The van der Waals surface area contributed by atoms with Gasteiger partial charge in [0.15, 0.2) is 13.2 Å². The van der Waals surface area contributed by atoms with Crippen LogP contribution in [0.4, 0.5) is 5.69 Å². The van der Waals surface area contributed by atoms with Gasteiger partial charge in [-0.3, -0.25) is 4.79 Å². The predicted molar refractivity (Wildman–Crippen MR) is 98.8 cm³/mol. The van der Waals surface area contributed by atoms with Crippen molar-refractivity contribution in [2.75, 3.05) is 18.5 Å². The molecule has 1 amide bonds. The van der Waals surface area contributed by atoms with Gasteiger partial charge in [0.1, 0.15) is 5.75 Å². The highest BCUT2D eigenvalue weighted by Gasteiger charge is 2.12. The van der Waals surface area contributed by atoms with Gasteiger partial charge in [-0.2, -0.15) is 0 Å². The quantitative estimate of drug-likeness (QED) is 0.688. The Bertz CT molecular complexity index is 956. The molecule has 0 atom stereocenters. The van der Waals surface area contributed by atoms with Crippen molar-refractivity contribution in [2.45, 2.75) is 18.7 Å². The van der Waals surface area contributed by atoms with Gasteiger partial charge in [0.05, 0.1) is 4.90 Å². The van der Waals surface area contributed by atoms with Crippen LogP contribution in [0.5, 0.6) is 5.75 Å². The van der Waals surface area contributed by atoms with Crippen molar-refractivity contribution in [1.29, 1.82) is 0 Å². The van der Waals surface area contributed by atoms with E-state index in [0.717, 1.165) is 11.1 Å². The molecule has 0 spiro atoms. The fourth-order valence-electron chi connectivity index (χ4n) is 2.08. The minimum Gasteiger partial charge on any atom is -0.482 e. The molecule has 2 aromatic carbocycles. The maximum Gasteiger partial charge on any atom is 0.344 e. The number of aryl methyl sites for hydroxylation is 2. The fraction of sp³-hybridized carbons (Fsp3) is 0.222. The highest BCUT2D eigenvalue weighted by atomic mass is 32.2. The molecule has 8 nitrogen and oxygen atoms in total. The van der Waals surface area contributed by atoms with Gasteiger partial charge in [0.25, 0.3) is 5.91 Å². The number of rotatable bonds is 7. The van der Waals surface area contributed by atoms with E-state index in [9.17, 15) is 18.0 Å². The van der Waals surface area contributed by atoms with E-state index in [1.54, 1.807) is 12.1 Å². The van der Waals surface area contributed by atoms with Crippen molar-refractivity contribution < 1.29 is 27.5 Å². The summed E-state index contributed by atoms with van der Waals surface area (Å²) in [5.41, 5.74) is 2.35. The largest absolute Gasteiger partial charge is 0.482 e. The first-order chi connectivity index (χ1) is 12.6. The number of amides is 1. The minimum atomic E-state index is -3.88. The van der Waals surface area contributed by atoms with Gasteiger partial charge in [0, 0.05) is 5.69 Å². The average Bonchev–Trinajstić information content (AvgIpc) is 2.60. The zero-order chi connectivity index (χ0) is 20.0. The molecule has 3 N–H and O–H groups in total. The number of esters is 1. The summed E-state index contributed by atoms with van der Waals surface area (Å²) in [6.07, 6.45) is 0. The molecule has 0 aliphatic rings. The summed E-state index contributed by atoms with van der Waals surface area (Å²) >= 11 is 0. The van der Waals surface area contributed by atoms with E-state index in [1.807, 2.05) is 19.9 Å². The van der Waals surface area contributed by atoms with Crippen LogP contribution in [0.25, 0.3) is 0 Å². The molecule has 0 unspecified atom stereocenters. The topological polar surface area (TPSA) is 125 Å². The number of anilines is 1. The Labute approximate surface area is 157 Å². The number of carbonyl (C=O) groups excluding carboxylic acids is 2. The van der Waals surface area contributed by atoms with E-state index in [-0.39, 0.29) is 17.2 Å². The molecule has 0 aliphatic heterocycles. The van der Waals surface area contributed by atoms with Crippen LogP contribution in [0, 0.1) is 13.8 Å². The molecule has 27 heavy (non-hydrogen) atoms. The van der Waals surface area contributed by atoms with Gasteiger partial charge >= 0.3 is 5.97 Å². The lowest BCUT2D eigenvalue weighted by Crippen LogP contribution is -2.23. The first-order valence-electron chi connectivity index (χ1n) is 7.93. The standard InChI is InChI=1S/C18H20N2O6S/c1-12-6-7-15(8-13(12)2)25-11-18(22)26-10-17(21)20-14-4-3-5-16(9-14)27(19,23)24/h3-9H,10-11H2,1-2H3,(H,20,21)(H2,19,23,24). The number of nitrogens with one attached hydrogen (secondary N) is 1. The third-order valence-corrected chi connectivity index (χ3v) is 4.56. The summed E-state index contributed by atoms with van der Waals surface area (Å²) in [5.74, 6) is -0.804. The lowest BCUT2D eigenvalue weighted by Gasteiger charge is -2.09. The second kappa shape index (κ2) is 8.65. The first kappa shape index (κ1) is 20.4. The molecule has 0 saturated heterocycles. The minimum absolute atomic E-state index is 0.140. The van der Waals surface area contributed by atoms with Crippen molar-refractivity contribution in [3.63, 3.8) is 0 Å². The Kier molecular flexibility index (Phi) is 6.54. The Balaban J connectivity index is 1.81. The Morgan fingerprint density at radius 1 is 1.04 bits per heavy atom. The Hall–Kier alpha value is -2.91. The number of benzene rings is 2. The Morgan fingerprint density at radius 3 is 2.44 bits per heavy atom. The van der Waals surface area contributed by atoms with E-state index in [1.165, 1.54) is 24.3 Å². The zero-order valence-electron chi connectivity index (χ0n) is 14.9. The molecule has 0 aromatic heterocycles. The summed E-state index contributed by atoms with van der Waals surface area (Å²) in [7, 11) is -3.88. The molecular weight excluding hydrogens is 372 g/mol. The summed E-state index contributed by atoms with van der Waals surface area (Å²) in [5, 5.41) is 7.45. The molecule has 0 bridgehead atoms. The number of hydrogen-bond donors (Lipinski definition) is 2. The number of sulfonamides is 1. The predicted octanol–water partition coefficient (Wildman–Crippen LogP) is 1.51. The number of hydrogen-bond acceptors (Lipinski definition) is 6. The zero-order valence-corrected chi connectivity index (χ0v) is 15.7. The molecule has 0 heterocycles. The van der Waals surface area contributed by atoms with E-state index in [4.69, 9.17) is 14.6 Å². The second-order valence-electron chi connectivity index (χ2n) is 5.82. The molecule has 9 heteroatoms. The summed E-state index contributed by atoms with van der Waals surface area (Å²) in [6, 6.07) is 10.8. The van der Waals surface area contributed by atoms with Gasteiger partial charge in [-0.05, 0) is 55.3 Å². The lowest BCUT2D eigenvalue weighted by molar-refractivity contribution is -0.149.